The molecule has 44 heavy (non-hydrogen) atoms. The fraction of sp³-hybridized carbons (Fsp3) is 0.243. The lowest BCUT2D eigenvalue weighted by Gasteiger charge is -2.37. The minimum atomic E-state index is -4.42. The average Bonchev–Trinajstić information content (AvgIpc) is 3.05. The first kappa shape index (κ1) is 30.8. The summed E-state index contributed by atoms with van der Waals surface area (Å²) in [6.07, 6.45) is 0.367. The van der Waals surface area contributed by atoms with Crippen LogP contribution in [0.15, 0.2) is 116 Å². The van der Waals surface area contributed by atoms with E-state index in [4.69, 9.17) is 0 Å². The fourth-order valence-corrected chi connectivity index (χ4v) is 6.00. The van der Waals surface area contributed by atoms with Crippen molar-refractivity contribution in [3.05, 3.63) is 132 Å². The number of halogens is 3. The van der Waals surface area contributed by atoms with Crippen LogP contribution in [0.4, 0.5) is 24.5 Å². The maximum absolute atomic E-state index is 13.2. The van der Waals surface area contributed by atoms with Crippen molar-refractivity contribution in [2.24, 2.45) is 5.92 Å². The maximum Gasteiger partial charge on any atom is 0.416 e. The lowest BCUT2D eigenvalue weighted by molar-refractivity contribution is -0.137. The maximum atomic E-state index is 13.2. The number of carbonyl (C=O) groups is 2. The van der Waals surface area contributed by atoms with E-state index in [-0.39, 0.29) is 23.5 Å². The van der Waals surface area contributed by atoms with Gasteiger partial charge >= 0.3 is 6.18 Å². The Morgan fingerprint density at radius 2 is 1.50 bits per heavy atom. The summed E-state index contributed by atoms with van der Waals surface area (Å²) in [4.78, 5) is 28.7. The van der Waals surface area contributed by atoms with E-state index in [9.17, 15) is 22.8 Å². The third-order valence-corrected chi connectivity index (χ3v) is 8.30. The summed E-state index contributed by atoms with van der Waals surface area (Å²) in [5.74, 6) is 0.0901. The number of anilines is 2. The monoisotopic (exact) mass is 596 g/mol. The van der Waals surface area contributed by atoms with Gasteiger partial charge in [0, 0.05) is 42.4 Å². The van der Waals surface area contributed by atoms with E-state index in [2.05, 4.69) is 28.9 Å². The molecule has 1 aliphatic rings. The average molecular weight is 597 g/mol. The van der Waals surface area contributed by atoms with Crippen molar-refractivity contribution in [1.82, 2.24) is 0 Å². The van der Waals surface area contributed by atoms with E-state index in [1.807, 2.05) is 42.5 Å². The number of hydrogen-bond acceptors (Lipinski definition) is 3. The zero-order valence-corrected chi connectivity index (χ0v) is 24.4. The number of carbonyl (C=O) groups excluding carboxylic acids is 2. The van der Waals surface area contributed by atoms with E-state index in [1.54, 1.807) is 30.3 Å². The molecule has 7 heteroatoms. The van der Waals surface area contributed by atoms with Gasteiger partial charge in [-0.1, -0.05) is 66.7 Å². The van der Waals surface area contributed by atoms with Gasteiger partial charge in [-0.3, -0.25) is 9.59 Å². The second kappa shape index (κ2) is 13.8. The van der Waals surface area contributed by atoms with E-state index in [0.29, 0.717) is 35.2 Å². The van der Waals surface area contributed by atoms with Crippen LogP contribution in [0.2, 0.25) is 0 Å². The molecular formula is C37H35F3N2O2. The number of amides is 1. The highest BCUT2D eigenvalue weighted by Gasteiger charge is 2.32. The Morgan fingerprint density at radius 3 is 2.14 bits per heavy atom. The van der Waals surface area contributed by atoms with Crippen molar-refractivity contribution in [2.75, 3.05) is 23.3 Å². The van der Waals surface area contributed by atoms with Crippen LogP contribution in [0.1, 0.15) is 53.1 Å². The summed E-state index contributed by atoms with van der Waals surface area (Å²) in [5.41, 5.74) is 3.46. The number of rotatable bonds is 10. The van der Waals surface area contributed by atoms with Crippen molar-refractivity contribution in [2.45, 2.75) is 37.8 Å². The molecule has 226 valence electrons. The first-order chi connectivity index (χ1) is 21.2. The summed E-state index contributed by atoms with van der Waals surface area (Å²) < 4.78 is 39.0. The number of Topliss-reactive ketones (excluding diaryl/α,β-unsaturated/α-hetero) is 1. The zero-order valence-electron chi connectivity index (χ0n) is 24.4. The van der Waals surface area contributed by atoms with Crippen LogP contribution in [0.3, 0.4) is 0 Å². The normalized spacial score (nSPS) is 14.6. The number of alkyl halides is 3. The molecule has 1 N–H and O–H groups in total. The largest absolute Gasteiger partial charge is 0.416 e. The zero-order chi connectivity index (χ0) is 31.1. The van der Waals surface area contributed by atoms with Gasteiger partial charge in [0.1, 0.15) is 5.78 Å². The molecule has 0 aliphatic carbocycles. The standard InChI is InChI=1S/C37H35F3N2O2/c1-2-3-13-34(43)35(27-9-5-4-6-10-27)28-22-24-42(25-23-28)31-20-18-30(19-21-31)41-36(44)33-12-8-7-11-32(33)26-14-16-29(17-15-26)37(38,39)40/h2,4-12,14-21,28,35H,1,3,13,22-25H2,(H,41,44). The Kier molecular flexibility index (Phi) is 9.63. The Labute approximate surface area is 256 Å². The summed E-state index contributed by atoms with van der Waals surface area (Å²) in [6.45, 7) is 5.43. The smallest absolute Gasteiger partial charge is 0.372 e. The third kappa shape index (κ3) is 7.28. The molecule has 0 bridgehead atoms. The van der Waals surface area contributed by atoms with Gasteiger partial charge in [-0.2, -0.15) is 13.2 Å². The number of nitrogens with one attached hydrogen (secondary N) is 1. The molecule has 1 saturated heterocycles. The number of benzene rings is 4. The lowest BCUT2D eigenvalue weighted by atomic mass is 9.76. The molecule has 4 aromatic carbocycles. The second-order valence-corrected chi connectivity index (χ2v) is 11.1. The Balaban J connectivity index is 1.23. The SMILES string of the molecule is C=CCCC(=O)C(c1ccccc1)C1CCN(c2ccc(NC(=O)c3ccccc3-c3ccc(C(F)(F)F)cc3)cc2)CC1. The molecule has 1 unspecified atom stereocenters. The van der Waals surface area contributed by atoms with E-state index in [1.165, 1.54) is 12.1 Å². The molecule has 4 aromatic rings. The molecule has 0 radical (unpaired) electrons. The number of allylic oxidation sites excluding steroid dienone is 1. The lowest BCUT2D eigenvalue weighted by Crippen LogP contribution is -2.37. The van der Waals surface area contributed by atoms with Crippen LogP contribution in [-0.4, -0.2) is 24.8 Å². The predicted molar refractivity (Wildman–Crippen MR) is 170 cm³/mol. The molecule has 1 heterocycles. The molecular weight excluding hydrogens is 561 g/mol. The van der Waals surface area contributed by atoms with Crippen molar-refractivity contribution < 1.29 is 22.8 Å². The molecule has 1 atom stereocenters. The van der Waals surface area contributed by atoms with Gasteiger partial charge in [0.05, 0.1) is 5.56 Å². The van der Waals surface area contributed by atoms with E-state index in [0.717, 1.165) is 49.3 Å². The highest BCUT2D eigenvalue weighted by Crippen LogP contribution is 2.36. The minimum Gasteiger partial charge on any atom is -0.372 e. The van der Waals surface area contributed by atoms with Crippen molar-refractivity contribution >= 4 is 23.1 Å². The van der Waals surface area contributed by atoms with E-state index >= 15 is 0 Å². The Morgan fingerprint density at radius 1 is 0.864 bits per heavy atom. The first-order valence-electron chi connectivity index (χ1n) is 14.9. The van der Waals surface area contributed by atoms with Crippen LogP contribution < -0.4 is 10.2 Å². The summed E-state index contributed by atoms with van der Waals surface area (Å²) >= 11 is 0. The fourth-order valence-electron chi connectivity index (χ4n) is 6.00. The molecule has 1 fully saturated rings. The van der Waals surface area contributed by atoms with E-state index < -0.39 is 11.7 Å². The van der Waals surface area contributed by atoms with Crippen LogP contribution in [0, 0.1) is 5.92 Å². The van der Waals surface area contributed by atoms with Gasteiger partial charge in [-0.25, -0.2) is 0 Å². The van der Waals surface area contributed by atoms with Gasteiger partial charge in [-0.05, 0) is 84.3 Å². The van der Waals surface area contributed by atoms with Gasteiger partial charge in [0.25, 0.3) is 5.91 Å². The Hall–Kier alpha value is -4.65. The van der Waals surface area contributed by atoms with Crippen LogP contribution in [0.25, 0.3) is 11.1 Å². The van der Waals surface area contributed by atoms with Crippen molar-refractivity contribution in [1.29, 1.82) is 0 Å². The molecule has 0 aromatic heterocycles. The first-order valence-corrected chi connectivity index (χ1v) is 14.9. The predicted octanol–water partition coefficient (Wildman–Crippen LogP) is 9.16. The van der Waals surface area contributed by atoms with Gasteiger partial charge in [0.2, 0.25) is 0 Å². The molecule has 1 amide bonds. The van der Waals surface area contributed by atoms with Gasteiger partial charge in [-0.15, -0.1) is 6.58 Å². The second-order valence-electron chi connectivity index (χ2n) is 11.1. The number of piperidine rings is 1. The molecule has 0 saturated carbocycles. The minimum absolute atomic E-state index is 0.110. The highest BCUT2D eigenvalue weighted by molar-refractivity contribution is 6.08. The summed E-state index contributed by atoms with van der Waals surface area (Å²) in [5, 5.41) is 2.92. The van der Waals surface area contributed by atoms with Crippen LogP contribution >= 0.6 is 0 Å². The van der Waals surface area contributed by atoms with Crippen LogP contribution in [0.5, 0.6) is 0 Å². The number of hydrogen-bond donors (Lipinski definition) is 1. The summed E-state index contributed by atoms with van der Waals surface area (Å²) in [7, 11) is 0. The van der Waals surface area contributed by atoms with Crippen molar-refractivity contribution in [3.8, 4) is 11.1 Å². The quantitative estimate of drug-likeness (QED) is 0.186. The van der Waals surface area contributed by atoms with Crippen LogP contribution in [-0.2, 0) is 11.0 Å². The molecule has 1 aliphatic heterocycles. The molecule has 0 spiro atoms. The Bertz CT molecular complexity index is 1570. The van der Waals surface area contributed by atoms with Gasteiger partial charge < -0.3 is 10.2 Å². The van der Waals surface area contributed by atoms with Gasteiger partial charge in [0.15, 0.2) is 0 Å². The number of ketones is 1. The topological polar surface area (TPSA) is 49.4 Å². The highest BCUT2D eigenvalue weighted by atomic mass is 19.4. The third-order valence-electron chi connectivity index (χ3n) is 8.30. The van der Waals surface area contributed by atoms with Crippen molar-refractivity contribution in [3.63, 3.8) is 0 Å². The molecule has 5 rings (SSSR count). The molecule has 4 nitrogen and oxygen atoms in total. The number of nitrogens with zero attached hydrogens (tertiary/aromatic N) is 1. The summed E-state index contributed by atoms with van der Waals surface area (Å²) in [6, 6.07) is 29.4.